The zero-order valence-electron chi connectivity index (χ0n) is 29.0. The van der Waals surface area contributed by atoms with Crippen LogP contribution in [0.1, 0.15) is 43.7 Å². The number of aromatic nitrogens is 7. The van der Waals surface area contributed by atoms with E-state index < -0.39 is 17.2 Å². The Hall–Kier alpha value is -4.70. The molecule has 0 amide bonds. The van der Waals surface area contributed by atoms with Crippen molar-refractivity contribution < 1.29 is 18.3 Å². The maximum atomic E-state index is 14.9. The van der Waals surface area contributed by atoms with Gasteiger partial charge in [0.25, 0.3) is 0 Å². The second kappa shape index (κ2) is 15.9. The first-order valence-electron chi connectivity index (χ1n) is 17.8. The van der Waals surface area contributed by atoms with Gasteiger partial charge in [-0.1, -0.05) is 6.07 Å². The summed E-state index contributed by atoms with van der Waals surface area (Å²) in [5, 5.41) is 19.5. The predicted octanol–water partition coefficient (Wildman–Crippen LogP) is 4.27. The van der Waals surface area contributed by atoms with Gasteiger partial charge in [0.2, 0.25) is 5.95 Å². The van der Waals surface area contributed by atoms with Gasteiger partial charge in [-0.3, -0.25) is 4.90 Å². The molecule has 0 unspecified atom stereocenters. The number of anilines is 1. The van der Waals surface area contributed by atoms with Crippen molar-refractivity contribution in [2.24, 2.45) is 0 Å². The zero-order valence-corrected chi connectivity index (χ0v) is 29.0. The summed E-state index contributed by atoms with van der Waals surface area (Å²) in [5.74, 6) is -1.58. The van der Waals surface area contributed by atoms with Crippen LogP contribution in [0.3, 0.4) is 0 Å². The monoisotopic (exact) mass is 715 g/mol. The molecule has 15 heteroatoms. The third-order valence-corrected chi connectivity index (χ3v) is 10.3. The molecule has 2 aromatic carbocycles. The lowest BCUT2D eigenvalue weighted by molar-refractivity contribution is -0.0272. The molecule has 0 saturated carbocycles. The minimum Gasteiger partial charge on any atom is -0.382 e. The van der Waals surface area contributed by atoms with Crippen molar-refractivity contribution in [2.75, 3.05) is 51.5 Å². The van der Waals surface area contributed by atoms with E-state index in [0.29, 0.717) is 11.7 Å². The van der Waals surface area contributed by atoms with E-state index in [-0.39, 0.29) is 36.5 Å². The van der Waals surface area contributed by atoms with Crippen LogP contribution in [0, 0.1) is 17.5 Å². The van der Waals surface area contributed by atoms with Crippen LogP contribution in [0.2, 0.25) is 0 Å². The molecular formula is C37H44F3N11O. The average Bonchev–Trinajstić information content (AvgIpc) is 3.82. The number of imidazole rings is 1. The summed E-state index contributed by atoms with van der Waals surface area (Å²) in [6.45, 7) is 5.51. The number of rotatable bonds is 13. The van der Waals surface area contributed by atoms with Gasteiger partial charge in [-0.25, -0.2) is 37.8 Å². The van der Waals surface area contributed by atoms with Crippen molar-refractivity contribution in [3.63, 3.8) is 0 Å². The van der Waals surface area contributed by atoms with E-state index >= 15 is 0 Å². The number of nitrogens with two attached hydrogens (primary N) is 1. The Morgan fingerprint density at radius 1 is 0.865 bits per heavy atom. The van der Waals surface area contributed by atoms with E-state index in [9.17, 15) is 18.3 Å². The molecule has 5 heterocycles. The number of nitrogens with zero attached hydrogens (tertiary/aromatic N) is 9. The van der Waals surface area contributed by atoms with Crippen molar-refractivity contribution in [3.8, 4) is 22.6 Å². The number of benzene rings is 2. The molecule has 0 aliphatic carbocycles. The van der Waals surface area contributed by atoms with E-state index in [4.69, 9.17) is 10.7 Å². The van der Waals surface area contributed by atoms with Crippen LogP contribution in [-0.2, 0) is 12.1 Å². The number of aliphatic hydroxyl groups is 1. The molecule has 0 spiro atoms. The van der Waals surface area contributed by atoms with Gasteiger partial charge < -0.3 is 25.6 Å². The molecule has 5 aromatic rings. The van der Waals surface area contributed by atoms with Crippen LogP contribution in [0.4, 0.5) is 19.1 Å². The number of likely N-dealkylation sites (tertiary alicyclic amines) is 2. The maximum absolute atomic E-state index is 14.9. The molecule has 0 radical (unpaired) electrons. The largest absolute Gasteiger partial charge is 0.382 e. The van der Waals surface area contributed by atoms with Crippen molar-refractivity contribution in [1.82, 2.24) is 49.4 Å². The van der Waals surface area contributed by atoms with Gasteiger partial charge in [-0.05, 0) is 94.7 Å². The predicted molar refractivity (Wildman–Crippen MR) is 190 cm³/mol. The van der Waals surface area contributed by atoms with Gasteiger partial charge in [-0.15, -0.1) is 0 Å². The Morgan fingerprint density at radius 2 is 1.62 bits per heavy atom. The molecule has 4 N–H and O–H groups in total. The second-order valence-corrected chi connectivity index (χ2v) is 13.8. The fraction of sp³-hybridized carbons (Fsp3) is 0.432. The smallest absolute Gasteiger partial charge is 0.220 e. The average molecular weight is 716 g/mol. The first-order valence-corrected chi connectivity index (χ1v) is 17.8. The Morgan fingerprint density at radius 3 is 2.33 bits per heavy atom. The molecule has 274 valence electrons. The van der Waals surface area contributed by atoms with E-state index in [2.05, 4.69) is 39.7 Å². The van der Waals surface area contributed by atoms with Gasteiger partial charge in [-0.2, -0.15) is 5.10 Å². The number of hydrogen-bond donors (Lipinski definition) is 3. The minimum atomic E-state index is -1.60. The molecule has 12 nitrogen and oxygen atoms in total. The van der Waals surface area contributed by atoms with Gasteiger partial charge in [0, 0.05) is 55.1 Å². The summed E-state index contributed by atoms with van der Waals surface area (Å²) >= 11 is 0. The molecule has 1 atom stereocenters. The highest BCUT2D eigenvalue weighted by Gasteiger charge is 2.36. The van der Waals surface area contributed by atoms with Crippen molar-refractivity contribution in [3.05, 3.63) is 96.7 Å². The van der Waals surface area contributed by atoms with Crippen LogP contribution < -0.4 is 11.1 Å². The van der Waals surface area contributed by atoms with Crippen LogP contribution >= 0.6 is 0 Å². The second-order valence-electron chi connectivity index (χ2n) is 13.8. The first-order chi connectivity index (χ1) is 25.2. The minimum absolute atomic E-state index is 0.00255. The van der Waals surface area contributed by atoms with Gasteiger partial charge >= 0.3 is 0 Å². The van der Waals surface area contributed by atoms with Gasteiger partial charge in [0.05, 0.1) is 30.0 Å². The molecule has 2 aliphatic heterocycles. The summed E-state index contributed by atoms with van der Waals surface area (Å²) in [6, 6.07) is 12.1. The lowest BCUT2D eigenvalue weighted by atomic mass is 9.91. The van der Waals surface area contributed by atoms with Gasteiger partial charge in [0.15, 0.2) is 0 Å². The quantitative estimate of drug-likeness (QED) is 0.152. The molecule has 2 saturated heterocycles. The first kappa shape index (κ1) is 35.7. The zero-order chi connectivity index (χ0) is 36.1. The SMILES string of the molecule is Nc1nccc(-c2c(-c3ccc(F)cc3)ncn2C2CCN(CCCNC3CCN(C[C@](O)(Cn4cncn4)c4ccc(F)cc4F)CC3)CC2)n1. The fourth-order valence-electron chi connectivity index (χ4n) is 7.58. The fourth-order valence-corrected chi connectivity index (χ4v) is 7.58. The van der Waals surface area contributed by atoms with Crippen LogP contribution in [0.25, 0.3) is 22.6 Å². The van der Waals surface area contributed by atoms with Crippen LogP contribution in [-0.4, -0.2) is 101 Å². The molecule has 52 heavy (non-hydrogen) atoms. The molecule has 0 bridgehead atoms. The molecule has 3 aromatic heterocycles. The third-order valence-electron chi connectivity index (χ3n) is 10.3. The van der Waals surface area contributed by atoms with Crippen LogP contribution in [0.5, 0.6) is 0 Å². The Labute approximate surface area is 300 Å². The van der Waals surface area contributed by atoms with E-state index in [1.807, 2.05) is 12.4 Å². The maximum Gasteiger partial charge on any atom is 0.220 e. The molecule has 7 rings (SSSR count). The highest BCUT2D eigenvalue weighted by atomic mass is 19.1. The van der Waals surface area contributed by atoms with E-state index in [0.717, 1.165) is 94.4 Å². The standard InChI is InChI=1S/C37H44F3N11O/c38-27-4-2-26(3-5-27)34-35(33-8-14-44-36(41)47-33)51(25-45-34)30-11-18-48(19-12-30)15-1-13-43-29-9-16-49(17-10-29)21-37(52,22-50-24-42-23-46-50)31-7-6-28(39)20-32(31)40/h2-8,14,20,23-25,29-30,43,52H,1,9-13,15-19,21-22H2,(H2,41,44,47)/t37-/m0/s1. The summed E-state index contributed by atoms with van der Waals surface area (Å²) in [6.07, 6.45) is 11.1. The lowest BCUT2D eigenvalue weighted by Gasteiger charge is -2.38. The Kier molecular flexibility index (Phi) is 10.9. The summed E-state index contributed by atoms with van der Waals surface area (Å²) in [5.41, 5.74) is 7.49. The molecule has 2 aliphatic rings. The number of β-amino-alcohol motifs (C(OH)–C–C–N with tert-alkyl or cyclic N) is 1. The summed E-state index contributed by atoms with van der Waals surface area (Å²) in [4.78, 5) is 21.9. The number of nitrogens with one attached hydrogen (secondary N) is 1. The number of piperidine rings is 2. The van der Waals surface area contributed by atoms with Crippen LogP contribution in [0.15, 0.2) is 73.7 Å². The number of nitrogen functional groups attached to an aromatic ring is 1. The summed E-state index contributed by atoms with van der Waals surface area (Å²) in [7, 11) is 0. The highest BCUT2D eigenvalue weighted by Crippen LogP contribution is 2.35. The summed E-state index contributed by atoms with van der Waals surface area (Å²) < 4.78 is 45.9. The van der Waals surface area contributed by atoms with Gasteiger partial charge in [0.1, 0.15) is 35.7 Å². The highest BCUT2D eigenvalue weighted by molar-refractivity contribution is 5.77. The Balaban J connectivity index is 0.881. The molecule has 2 fully saturated rings. The molecular weight excluding hydrogens is 671 g/mol. The number of halogens is 3. The lowest BCUT2D eigenvalue weighted by Crippen LogP contribution is -2.50. The van der Waals surface area contributed by atoms with Crippen molar-refractivity contribution in [1.29, 1.82) is 0 Å². The van der Waals surface area contributed by atoms with E-state index in [1.165, 1.54) is 41.6 Å². The normalized spacial score (nSPS) is 17.8. The van der Waals surface area contributed by atoms with Crippen molar-refractivity contribution in [2.45, 2.75) is 56.3 Å². The Bertz CT molecular complexity index is 1910. The van der Waals surface area contributed by atoms with Crippen molar-refractivity contribution >= 4 is 5.95 Å². The topological polar surface area (TPSA) is 139 Å². The van der Waals surface area contributed by atoms with E-state index in [1.54, 1.807) is 18.3 Å². The number of hydrogen-bond acceptors (Lipinski definition) is 10. The third kappa shape index (κ3) is 8.33.